The molecule has 28 heavy (non-hydrogen) atoms. The van der Waals surface area contributed by atoms with E-state index in [0.717, 1.165) is 12.1 Å². The van der Waals surface area contributed by atoms with Crippen LogP contribution < -0.4 is 15.1 Å². The molecule has 3 aromatic rings. The van der Waals surface area contributed by atoms with Gasteiger partial charge in [0.1, 0.15) is 0 Å². The molecule has 0 amide bonds. The summed E-state index contributed by atoms with van der Waals surface area (Å²) >= 11 is 0. The van der Waals surface area contributed by atoms with Gasteiger partial charge in [-0.1, -0.05) is 0 Å². The number of benzene rings is 1. The van der Waals surface area contributed by atoms with Gasteiger partial charge < -0.3 is 15.1 Å². The molecule has 144 valence electrons. The van der Waals surface area contributed by atoms with Crippen molar-refractivity contribution >= 4 is 23.4 Å². The highest BCUT2D eigenvalue weighted by atomic mass is 19.2. The summed E-state index contributed by atoms with van der Waals surface area (Å²) in [6, 6.07) is 3.68. The third-order valence-corrected chi connectivity index (χ3v) is 4.24. The Kier molecular flexibility index (Phi) is 4.87. The molecule has 1 aliphatic rings. The monoisotopic (exact) mass is 388 g/mol. The molecule has 11 heteroatoms. The first-order valence-corrected chi connectivity index (χ1v) is 8.49. The molecule has 0 spiro atoms. The summed E-state index contributed by atoms with van der Waals surface area (Å²) in [7, 11) is 0. The van der Waals surface area contributed by atoms with E-state index in [1.807, 2.05) is 9.80 Å². The third kappa shape index (κ3) is 3.63. The first-order chi connectivity index (χ1) is 13.6. The predicted molar refractivity (Wildman–Crippen MR) is 95.9 cm³/mol. The van der Waals surface area contributed by atoms with E-state index in [1.54, 1.807) is 18.5 Å². The normalized spacial score (nSPS) is 14.2. The van der Waals surface area contributed by atoms with Gasteiger partial charge in [-0.05, 0) is 18.2 Å². The van der Waals surface area contributed by atoms with Crippen LogP contribution in [0.25, 0.3) is 0 Å². The molecule has 1 saturated heterocycles. The molecule has 1 N–H and O–H groups in total. The zero-order valence-corrected chi connectivity index (χ0v) is 14.6. The van der Waals surface area contributed by atoms with Gasteiger partial charge in [0.25, 0.3) is 0 Å². The molecule has 1 fully saturated rings. The van der Waals surface area contributed by atoms with Crippen molar-refractivity contribution in [2.45, 2.75) is 0 Å². The van der Waals surface area contributed by atoms with Gasteiger partial charge in [-0.2, -0.15) is 10.1 Å². The van der Waals surface area contributed by atoms with Crippen molar-refractivity contribution in [2.24, 2.45) is 0 Å². The maximum absolute atomic E-state index is 13.8. The van der Waals surface area contributed by atoms with Crippen LogP contribution >= 0.6 is 0 Å². The average molecular weight is 388 g/mol. The lowest BCUT2D eigenvalue weighted by Gasteiger charge is -2.34. The fraction of sp³-hybridized carbons (Fsp3) is 0.235. The Morgan fingerprint density at radius 1 is 0.857 bits per heavy atom. The van der Waals surface area contributed by atoms with Crippen molar-refractivity contribution < 1.29 is 13.2 Å². The van der Waals surface area contributed by atoms with Crippen LogP contribution in [-0.2, 0) is 0 Å². The summed E-state index contributed by atoms with van der Waals surface area (Å²) < 4.78 is 40.3. The van der Waals surface area contributed by atoms with Crippen LogP contribution in [0.3, 0.4) is 0 Å². The van der Waals surface area contributed by atoms with E-state index in [0.29, 0.717) is 38.1 Å². The van der Waals surface area contributed by atoms with Crippen molar-refractivity contribution in [1.29, 1.82) is 0 Å². The maximum atomic E-state index is 13.8. The third-order valence-electron chi connectivity index (χ3n) is 4.24. The van der Waals surface area contributed by atoms with Crippen LogP contribution in [0.15, 0.2) is 36.8 Å². The molecule has 4 rings (SSSR count). The summed E-state index contributed by atoms with van der Waals surface area (Å²) in [6.07, 6.45) is 4.65. The van der Waals surface area contributed by atoms with Crippen LogP contribution in [0.1, 0.15) is 0 Å². The zero-order valence-electron chi connectivity index (χ0n) is 14.6. The molecule has 0 aliphatic carbocycles. The number of piperazine rings is 1. The largest absolute Gasteiger partial charge is 0.337 e. The minimum atomic E-state index is -1.55. The molecule has 0 radical (unpaired) electrons. The molecular weight excluding hydrogens is 373 g/mol. The predicted octanol–water partition coefficient (Wildman–Crippen LogP) is 2.15. The van der Waals surface area contributed by atoms with Crippen LogP contribution in [0.4, 0.5) is 36.6 Å². The topological polar surface area (TPSA) is 83.0 Å². The van der Waals surface area contributed by atoms with E-state index in [-0.39, 0.29) is 11.5 Å². The van der Waals surface area contributed by atoms with Crippen LogP contribution in [-0.4, -0.2) is 51.3 Å². The second kappa shape index (κ2) is 7.62. The molecule has 2 aromatic heterocycles. The molecule has 0 unspecified atom stereocenters. The van der Waals surface area contributed by atoms with E-state index in [1.165, 1.54) is 6.20 Å². The summed E-state index contributed by atoms with van der Waals surface area (Å²) in [5.74, 6) is -2.95. The quantitative estimate of drug-likeness (QED) is 0.681. The average Bonchev–Trinajstić information content (AvgIpc) is 2.75. The van der Waals surface area contributed by atoms with Gasteiger partial charge in [-0.3, -0.25) is 0 Å². The zero-order chi connectivity index (χ0) is 19.5. The smallest absolute Gasteiger partial charge is 0.247 e. The van der Waals surface area contributed by atoms with Crippen molar-refractivity contribution in [2.75, 3.05) is 41.3 Å². The number of hydrogen-bond donors (Lipinski definition) is 1. The minimum Gasteiger partial charge on any atom is -0.337 e. The molecular formula is C17H15F3N8. The lowest BCUT2D eigenvalue weighted by Crippen LogP contribution is -2.47. The lowest BCUT2D eigenvalue weighted by atomic mass is 10.3. The number of nitrogens with one attached hydrogen (secondary N) is 1. The summed E-state index contributed by atoms with van der Waals surface area (Å²) in [6.45, 7) is 2.57. The van der Waals surface area contributed by atoms with E-state index >= 15 is 0 Å². The first kappa shape index (κ1) is 17.9. The van der Waals surface area contributed by atoms with Crippen LogP contribution in [0.2, 0.25) is 0 Å². The van der Waals surface area contributed by atoms with Crippen molar-refractivity contribution in [3.63, 3.8) is 0 Å². The van der Waals surface area contributed by atoms with E-state index in [4.69, 9.17) is 0 Å². The maximum Gasteiger partial charge on any atom is 0.247 e. The van der Waals surface area contributed by atoms with Gasteiger partial charge in [0.2, 0.25) is 11.9 Å². The molecule has 1 aromatic carbocycles. The van der Waals surface area contributed by atoms with Crippen molar-refractivity contribution in [1.82, 2.24) is 25.1 Å². The number of hydrogen-bond acceptors (Lipinski definition) is 8. The highest BCUT2D eigenvalue weighted by molar-refractivity contribution is 5.57. The van der Waals surface area contributed by atoms with Crippen LogP contribution in [0.5, 0.6) is 0 Å². The summed E-state index contributed by atoms with van der Waals surface area (Å²) in [5, 5.41) is 10.5. The lowest BCUT2D eigenvalue weighted by molar-refractivity contribution is 0.449. The Morgan fingerprint density at radius 3 is 2.25 bits per heavy atom. The number of halogens is 3. The Labute approximate surface area is 158 Å². The van der Waals surface area contributed by atoms with E-state index < -0.39 is 17.5 Å². The van der Waals surface area contributed by atoms with E-state index in [9.17, 15) is 13.2 Å². The molecule has 1 aliphatic heterocycles. The van der Waals surface area contributed by atoms with Gasteiger partial charge in [-0.15, -0.1) is 5.10 Å². The van der Waals surface area contributed by atoms with Gasteiger partial charge in [0.15, 0.2) is 23.3 Å². The fourth-order valence-electron chi connectivity index (χ4n) is 2.81. The summed E-state index contributed by atoms with van der Waals surface area (Å²) in [4.78, 5) is 16.7. The highest BCUT2D eigenvalue weighted by Crippen LogP contribution is 2.23. The van der Waals surface area contributed by atoms with Gasteiger partial charge in [0, 0.05) is 38.6 Å². The molecule has 8 nitrogen and oxygen atoms in total. The standard InChI is InChI=1S/C17H15F3N8/c18-11-2-3-12(15(20)14(11)19)24-13-10-23-26-17(25-13)28-8-6-27(7-9-28)16-21-4-1-5-22-16/h1-5,10H,6-9H2,(H,24,25,26). The molecule has 0 saturated carbocycles. The van der Waals surface area contributed by atoms with Crippen LogP contribution in [0, 0.1) is 17.5 Å². The first-order valence-electron chi connectivity index (χ1n) is 8.49. The Hall–Kier alpha value is -3.50. The number of nitrogens with zero attached hydrogens (tertiary/aromatic N) is 7. The van der Waals surface area contributed by atoms with E-state index in [2.05, 4.69) is 30.5 Å². The Bertz CT molecular complexity index is 964. The van der Waals surface area contributed by atoms with Crippen molar-refractivity contribution in [3.05, 3.63) is 54.2 Å². The molecule has 0 atom stereocenters. The van der Waals surface area contributed by atoms with Crippen molar-refractivity contribution in [3.8, 4) is 0 Å². The fourth-order valence-corrected chi connectivity index (χ4v) is 2.81. The summed E-state index contributed by atoms with van der Waals surface area (Å²) in [5.41, 5.74) is -0.239. The Morgan fingerprint density at radius 2 is 1.54 bits per heavy atom. The van der Waals surface area contributed by atoms with Gasteiger partial charge >= 0.3 is 0 Å². The number of rotatable bonds is 4. The SMILES string of the molecule is Fc1ccc(Nc2cnnc(N3CCN(c4ncccn4)CC3)n2)c(F)c1F. The second-order valence-electron chi connectivity index (χ2n) is 6.01. The highest BCUT2D eigenvalue weighted by Gasteiger charge is 2.21. The number of aromatic nitrogens is 5. The molecule has 0 bridgehead atoms. The minimum absolute atomic E-state index is 0.170. The Balaban J connectivity index is 1.45. The molecule has 3 heterocycles. The second-order valence-corrected chi connectivity index (χ2v) is 6.01. The van der Waals surface area contributed by atoms with Gasteiger partial charge in [-0.25, -0.2) is 23.1 Å². The van der Waals surface area contributed by atoms with Gasteiger partial charge in [0.05, 0.1) is 11.9 Å². The number of anilines is 4.